The molecule has 0 aromatic heterocycles. The smallest absolute Gasteiger partial charge is 0.329 e. The summed E-state index contributed by atoms with van der Waals surface area (Å²) in [5.74, 6) is 0.805. The molecule has 1 heterocycles. The van der Waals surface area contributed by atoms with Gasteiger partial charge in [-0.2, -0.15) is 0 Å². The standard InChI is InChI=1S/C23H34N2O3S/c1-4-5-13-28-22(26)20-15-29-21(18-9-7-6-8-10-18)25(20)23(27)24-19-12-11-16(2)14-17(19)3/h11-12,14,18,20-21H,4-10,13,15H2,1-3H3,(H,24,27)/t20-,21-/m1/s1. The number of esters is 1. The molecule has 1 aliphatic carbocycles. The number of anilines is 1. The number of aryl methyl sites for hydroxylation is 2. The van der Waals surface area contributed by atoms with Gasteiger partial charge in [-0.05, 0) is 50.7 Å². The van der Waals surface area contributed by atoms with Crippen molar-refractivity contribution in [2.45, 2.75) is 77.1 Å². The van der Waals surface area contributed by atoms with Crippen molar-refractivity contribution in [2.24, 2.45) is 5.92 Å². The SMILES string of the molecule is CCCCOC(=O)[C@H]1CS[C@H](C2CCCCC2)N1C(=O)Nc1ccc(C)cc1C. The van der Waals surface area contributed by atoms with E-state index >= 15 is 0 Å². The number of ether oxygens (including phenoxy) is 1. The number of rotatable bonds is 6. The summed E-state index contributed by atoms with van der Waals surface area (Å²) < 4.78 is 5.50. The second-order valence-corrected chi connectivity index (χ2v) is 9.46. The van der Waals surface area contributed by atoms with E-state index in [1.165, 1.54) is 19.3 Å². The Bertz CT molecular complexity index is 718. The van der Waals surface area contributed by atoms with Gasteiger partial charge in [0, 0.05) is 11.4 Å². The van der Waals surface area contributed by atoms with Crippen molar-refractivity contribution >= 4 is 29.4 Å². The highest BCUT2D eigenvalue weighted by Gasteiger charge is 2.45. The number of thioether (sulfide) groups is 1. The van der Waals surface area contributed by atoms with Crippen LogP contribution in [0.1, 0.15) is 63.0 Å². The molecule has 0 unspecified atom stereocenters. The van der Waals surface area contributed by atoms with Gasteiger partial charge in [-0.3, -0.25) is 4.90 Å². The molecule has 1 aromatic rings. The van der Waals surface area contributed by atoms with Crippen molar-refractivity contribution in [3.63, 3.8) is 0 Å². The molecule has 3 rings (SSSR count). The summed E-state index contributed by atoms with van der Waals surface area (Å²) in [6, 6.07) is 5.31. The minimum atomic E-state index is -0.505. The van der Waals surface area contributed by atoms with E-state index in [9.17, 15) is 9.59 Å². The van der Waals surface area contributed by atoms with Crippen molar-refractivity contribution in [1.29, 1.82) is 0 Å². The minimum Gasteiger partial charge on any atom is -0.464 e. The van der Waals surface area contributed by atoms with Gasteiger partial charge < -0.3 is 10.1 Å². The molecule has 1 N–H and O–H groups in total. The third kappa shape index (κ3) is 5.47. The molecular weight excluding hydrogens is 384 g/mol. The Morgan fingerprint density at radius 1 is 1.21 bits per heavy atom. The number of hydrogen-bond donors (Lipinski definition) is 1. The van der Waals surface area contributed by atoms with Gasteiger partial charge in [0.05, 0.1) is 12.0 Å². The number of amides is 2. The zero-order valence-corrected chi connectivity index (χ0v) is 18.7. The molecular formula is C23H34N2O3S. The summed E-state index contributed by atoms with van der Waals surface area (Å²) in [6.07, 6.45) is 7.77. The van der Waals surface area contributed by atoms with E-state index in [0.717, 1.165) is 42.5 Å². The maximum Gasteiger partial charge on any atom is 0.329 e. The van der Waals surface area contributed by atoms with Crippen molar-refractivity contribution < 1.29 is 14.3 Å². The van der Waals surface area contributed by atoms with Crippen LogP contribution in [0.2, 0.25) is 0 Å². The fraction of sp³-hybridized carbons (Fsp3) is 0.652. The lowest BCUT2D eigenvalue weighted by molar-refractivity contribution is -0.148. The Balaban J connectivity index is 1.77. The van der Waals surface area contributed by atoms with Crippen LogP contribution >= 0.6 is 11.8 Å². The van der Waals surface area contributed by atoms with E-state index in [4.69, 9.17) is 4.74 Å². The molecule has 2 aliphatic rings. The quantitative estimate of drug-likeness (QED) is 0.489. The van der Waals surface area contributed by atoms with E-state index < -0.39 is 6.04 Å². The largest absolute Gasteiger partial charge is 0.464 e. The van der Waals surface area contributed by atoms with Crippen LogP contribution in [0.3, 0.4) is 0 Å². The molecule has 6 heteroatoms. The number of nitrogens with zero attached hydrogens (tertiary/aromatic N) is 1. The van der Waals surface area contributed by atoms with Crippen LogP contribution in [0.5, 0.6) is 0 Å². The number of urea groups is 1. The Morgan fingerprint density at radius 3 is 2.66 bits per heavy atom. The first kappa shape index (κ1) is 22.0. The summed E-state index contributed by atoms with van der Waals surface area (Å²) >= 11 is 1.74. The maximum atomic E-state index is 13.3. The van der Waals surface area contributed by atoms with Crippen molar-refractivity contribution in [1.82, 2.24) is 4.90 Å². The summed E-state index contributed by atoms with van der Waals surface area (Å²) in [5.41, 5.74) is 2.99. The lowest BCUT2D eigenvalue weighted by atomic mass is 9.88. The molecule has 0 bridgehead atoms. The fourth-order valence-corrected chi connectivity index (χ4v) is 5.92. The molecule has 1 saturated carbocycles. The van der Waals surface area contributed by atoms with Gasteiger partial charge in [-0.1, -0.05) is 50.3 Å². The van der Waals surface area contributed by atoms with Gasteiger partial charge in [-0.25, -0.2) is 9.59 Å². The van der Waals surface area contributed by atoms with E-state index in [1.54, 1.807) is 16.7 Å². The molecule has 29 heavy (non-hydrogen) atoms. The monoisotopic (exact) mass is 418 g/mol. The van der Waals surface area contributed by atoms with Crippen molar-refractivity contribution in [2.75, 3.05) is 17.7 Å². The molecule has 160 valence electrons. The van der Waals surface area contributed by atoms with Gasteiger partial charge >= 0.3 is 12.0 Å². The third-order valence-electron chi connectivity index (χ3n) is 5.96. The first-order valence-corrected chi connectivity index (χ1v) is 12.0. The number of carbonyl (C=O) groups is 2. The zero-order chi connectivity index (χ0) is 20.8. The number of nitrogens with one attached hydrogen (secondary N) is 1. The Hall–Kier alpha value is -1.69. The van der Waals surface area contributed by atoms with Crippen molar-refractivity contribution in [3.05, 3.63) is 29.3 Å². The normalized spacial score (nSPS) is 22.5. The minimum absolute atomic E-state index is 0.0461. The van der Waals surface area contributed by atoms with E-state index in [1.807, 2.05) is 26.0 Å². The van der Waals surface area contributed by atoms with Gasteiger partial charge in [0.25, 0.3) is 0 Å². The van der Waals surface area contributed by atoms with Crippen LogP contribution < -0.4 is 5.32 Å². The predicted octanol–water partition coefficient (Wildman–Crippen LogP) is 5.50. The van der Waals surface area contributed by atoms with Crippen LogP contribution in [0.25, 0.3) is 0 Å². The highest BCUT2D eigenvalue weighted by Crippen LogP contribution is 2.41. The highest BCUT2D eigenvalue weighted by atomic mass is 32.2. The second kappa shape index (κ2) is 10.4. The van der Waals surface area contributed by atoms with E-state index in [2.05, 4.69) is 18.3 Å². The van der Waals surface area contributed by atoms with Crippen LogP contribution in [-0.2, 0) is 9.53 Å². The molecule has 0 spiro atoms. The lowest BCUT2D eigenvalue weighted by Gasteiger charge is -2.35. The van der Waals surface area contributed by atoms with Gasteiger partial charge in [-0.15, -0.1) is 11.8 Å². The molecule has 0 radical (unpaired) electrons. The second-order valence-electron chi connectivity index (χ2n) is 8.31. The first-order valence-electron chi connectivity index (χ1n) is 11.0. The molecule has 1 aliphatic heterocycles. The number of benzene rings is 1. The Kier molecular flexibility index (Phi) is 7.87. The van der Waals surface area contributed by atoms with Crippen LogP contribution in [0.4, 0.5) is 10.5 Å². The molecule has 2 amide bonds. The Labute approximate surface area is 178 Å². The molecule has 5 nitrogen and oxygen atoms in total. The average Bonchev–Trinajstić information content (AvgIpc) is 3.16. The third-order valence-corrected chi connectivity index (χ3v) is 7.42. The van der Waals surface area contributed by atoms with Crippen LogP contribution in [-0.4, -0.2) is 40.7 Å². The van der Waals surface area contributed by atoms with Crippen LogP contribution in [0.15, 0.2) is 18.2 Å². The highest BCUT2D eigenvalue weighted by molar-refractivity contribution is 8.00. The number of hydrogen-bond acceptors (Lipinski definition) is 4. The van der Waals surface area contributed by atoms with Gasteiger partial charge in [0.1, 0.15) is 6.04 Å². The fourth-order valence-electron chi connectivity index (χ4n) is 4.30. The van der Waals surface area contributed by atoms with Gasteiger partial charge in [0.2, 0.25) is 0 Å². The molecule has 2 atom stereocenters. The summed E-state index contributed by atoms with van der Waals surface area (Å²) in [4.78, 5) is 27.9. The van der Waals surface area contributed by atoms with Gasteiger partial charge in [0.15, 0.2) is 0 Å². The topological polar surface area (TPSA) is 58.6 Å². The van der Waals surface area contributed by atoms with Crippen molar-refractivity contribution in [3.8, 4) is 0 Å². The molecule has 2 fully saturated rings. The average molecular weight is 419 g/mol. The summed E-state index contributed by atoms with van der Waals surface area (Å²) in [6.45, 7) is 6.53. The summed E-state index contributed by atoms with van der Waals surface area (Å²) in [5, 5.41) is 3.11. The lowest BCUT2D eigenvalue weighted by Crippen LogP contribution is -2.50. The van der Waals surface area contributed by atoms with Crippen LogP contribution in [0, 0.1) is 19.8 Å². The number of unbranched alkanes of at least 4 members (excludes halogenated alkanes) is 1. The van der Waals surface area contributed by atoms with E-state index in [0.29, 0.717) is 18.3 Å². The number of carbonyl (C=O) groups excluding carboxylic acids is 2. The zero-order valence-electron chi connectivity index (χ0n) is 17.9. The maximum absolute atomic E-state index is 13.3. The molecule has 1 aromatic carbocycles. The Morgan fingerprint density at radius 2 is 1.97 bits per heavy atom. The predicted molar refractivity (Wildman–Crippen MR) is 119 cm³/mol. The molecule has 1 saturated heterocycles. The first-order chi connectivity index (χ1) is 14.0. The summed E-state index contributed by atoms with van der Waals surface area (Å²) in [7, 11) is 0. The van der Waals surface area contributed by atoms with E-state index in [-0.39, 0.29) is 17.4 Å².